The fourth-order valence-electron chi connectivity index (χ4n) is 2.59. The molecule has 2 aromatic rings. The number of hydrogen-bond donors (Lipinski definition) is 2. The third kappa shape index (κ3) is 11.2. The molecule has 0 spiro atoms. The van der Waals surface area contributed by atoms with E-state index >= 15 is 0 Å². The van der Waals surface area contributed by atoms with Crippen LogP contribution in [0.4, 0.5) is 26.3 Å². The normalized spacial score (nSPS) is 13.2. The summed E-state index contributed by atoms with van der Waals surface area (Å²) >= 11 is 1.55. The standard InChI is InChI=1S/C16H22N4O2S.2C2HF3O2/c1-18(2)6-7-22-10-14-15-9-19(4-5-20(15)12-17-14)16(21)13-3-8-23-11-13;2*3-2(4,5)1(6)7/h3,8,11-12H,4-7,9-10H2,1-2H3;2*(H,6,7). The van der Waals surface area contributed by atoms with Crippen molar-refractivity contribution in [3.63, 3.8) is 0 Å². The van der Waals surface area contributed by atoms with Gasteiger partial charge >= 0.3 is 24.3 Å². The second-order valence-electron chi connectivity index (χ2n) is 7.53. The number of carboxylic acid groups (broad SMARTS) is 2. The molecule has 0 saturated heterocycles. The number of alkyl halides is 6. The number of fused-ring (bicyclic) bond motifs is 1. The Hall–Kier alpha value is -3.18. The quantitative estimate of drug-likeness (QED) is 0.407. The van der Waals surface area contributed by atoms with Crippen LogP contribution < -0.4 is 0 Å². The zero-order valence-electron chi connectivity index (χ0n) is 19.5. The van der Waals surface area contributed by atoms with Crippen molar-refractivity contribution in [1.29, 1.82) is 0 Å². The van der Waals surface area contributed by atoms with Crippen molar-refractivity contribution >= 4 is 29.2 Å². The van der Waals surface area contributed by atoms with Crippen LogP contribution in [0.5, 0.6) is 0 Å². The van der Waals surface area contributed by atoms with Crippen molar-refractivity contribution in [2.24, 2.45) is 0 Å². The largest absolute Gasteiger partial charge is 0.490 e. The van der Waals surface area contributed by atoms with E-state index in [2.05, 4.69) is 14.5 Å². The maximum Gasteiger partial charge on any atom is 0.490 e. The third-order valence-electron chi connectivity index (χ3n) is 4.45. The number of amides is 1. The van der Waals surface area contributed by atoms with Gasteiger partial charge in [0.25, 0.3) is 5.91 Å². The number of carbonyl (C=O) groups is 3. The third-order valence-corrected chi connectivity index (χ3v) is 5.13. The number of carbonyl (C=O) groups excluding carboxylic acids is 1. The van der Waals surface area contributed by atoms with Crippen LogP contribution in [0.15, 0.2) is 23.2 Å². The molecule has 1 aliphatic rings. The van der Waals surface area contributed by atoms with Gasteiger partial charge in [0, 0.05) is 25.0 Å². The Morgan fingerprint density at radius 1 is 1.08 bits per heavy atom. The van der Waals surface area contributed by atoms with E-state index in [1.165, 1.54) is 0 Å². The molecule has 1 amide bonds. The summed E-state index contributed by atoms with van der Waals surface area (Å²) < 4.78 is 71.3. The summed E-state index contributed by atoms with van der Waals surface area (Å²) in [4.78, 5) is 38.7. The van der Waals surface area contributed by atoms with Crippen molar-refractivity contribution in [2.75, 3.05) is 33.8 Å². The Morgan fingerprint density at radius 2 is 1.65 bits per heavy atom. The molecule has 0 aromatic carbocycles. The molecule has 0 saturated carbocycles. The molecular formula is C20H24F6N4O6S. The van der Waals surface area contributed by atoms with Crippen LogP contribution in [-0.2, 0) is 34.0 Å². The average molecular weight is 562 g/mol. The van der Waals surface area contributed by atoms with E-state index in [0.29, 0.717) is 19.8 Å². The van der Waals surface area contributed by atoms with Crippen LogP contribution in [0.25, 0.3) is 0 Å². The Balaban J connectivity index is 0.000000404. The fraction of sp³-hybridized carbons (Fsp3) is 0.500. The lowest BCUT2D eigenvalue weighted by Crippen LogP contribution is -2.38. The summed E-state index contributed by atoms with van der Waals surface area (Å²) in [5.41, 5.74) is 2.79. The molecule has 0 bridgehead atoms. The van der Waals surface area contributed by atoms with Gasteiger partial charge in [0.1, 0.15) is 0 Å². The average Bonchev–Trinajstić information content (AvgIpc) is 3.46. The van der Waals surface area contributed by atoms with Crippen LogP contribution in [0.1, 0.15) is 21.7 Å². The lowest BCUT2D eigenvalue weighted by molar-refractivity contribution is -0.193. The molecule has 0 fully saturated rings. The first-order valence-electron chi connectivity index (χ1n) is 10.2. The fourth-order valence-corrected chi connectivity index (χ4v) is 3.22. The highest BCUT2D eigenvalue weighted by Gasteiger charge is 2.38. The zero-order valence-corrected chi connectivity index (χ0v) is 20.4. The number of carboxylic acids is 2. The number of rotatable bonds is 6. The van der Waals surface area contributed by atoms with E-state index < -0.39 is 24.3 Å². The minimum Gasteiger partial charge on any atom is -0.475 e. The second-order valence-corrected chi connectivity index (χ2v) is 8.31. The van der Waals surface area contributed by atoms with Crippen LogP contribution in [0, 0.1) is 0 Å². The number of hydrogen-bond acceptors (Lipinski definition) is 7. The summed E-state index contributed by atoms with van der Waals surface area (Å²) in [5, 5.41) is 18.1. The molecule has 3 rings (SSSR count). The number of nitrogens with zero attached hydrogens (tertiary/aromatic N) is 4. The maximum atomic E-state index is 12.5. The highest BCUT2D eigenvalue weighted by Crippen LogP contribution is 2.20. The highest BCUT2D eigenvalue weighted by atomic mass is 32.1. The van der Waals surface area contributed by atoms with Gasteiger partial charge in [-0.25, -0.2) is 14.6 Å². The lowest BCUT2D eigenvalue weighted by Gasteiger charge is -2.28. The SMILES string of the molecule is CN(C)CCOCc1ncn2c1CN(C(=O)c1ccsc1)CC2.O=C(O)C(F)(F)F.O=C(O)C(F)(F)F. The molecule has 17 heteroatoms. The van der Waals surface area contributed by atoms with Gasteiger partial charge in [-0.15, -0.1) is 0 Å². The van der Waals surface area contributed by atoms with E-state index in [9.17, 15) is 31.1 Å². The second kappa shape index (κ2) is 13.9. The Labute approximate surface area is 210 Å². The van der Waals surface area contributed by atoms with Gasteiger partial charge in [0.15, 0.2) is 0 Å². The minimum atomic E-state index is -5.08. The number of ether oxygens (including phenoxy) is 1. The monoisotopic (exact) mass is 562 g/mol. The molecule has 0 atom stereocenters. The predicted molar refractivity (Wildman–Crippen MR) is 117 cm³/mol. The molecule has 37 heavy (non-hydrogen) atoms. The van der Waals surface area contributed by atoms with Crippen LogP contribution in [0.3, 0.4) is 0 Å². The molecule has 0 aliphatic carbocycles. The smallest absolute Gasteiger partial charge is 0.475 e. The molecule has 3 heterocycles. The summed E-state index contributed by atoms with van der Waals surface area (Å²) in [5.74, 6) is -5.42. The number of aromatic nitrogens is 2. The topological polar surface area (TPSA) is 125 Å². The van der Waals surface area contributed by atoms with Crippen LogP contribution >= 0.6 is 11.3 Å². The summed E-state index contributed by atoms with van der Waals surface area (Å²) in [6.07, 6.45) is -8.31. The van der Waals surface area contributed by atoms with Crippen molar-refractivity contribution in [3.05, 3.63) is 40.1 Å². The van der Waals surface area contributed by atoms with E-state index in [1.54, 1.807) is 11.3 Å². The number of halogens is 6. The molecule has 2 N–H and O–H groups in total. The number of thiophene rings is 1. The molecule has 1 aliphatic heterocycles. The highest BCUT2D eigenvalue weighted by molar-refractivity contribution is 7.08. The first-order valence-corrected chi connectivity index (χ1v) is 11.1. The first kappa shape index (κ1) is 31.8. The minimum absolute atomic E-state index is 0.0955. The van der Waals surface area contributed by atoms with E-state index in [0.717, 1.165) is 36.6 Å². The summed E-state index contributed by atoms with van der Waals surface area (Å²) in [6.45, 7) is 4.17. The van der Waals surface area contributed by atoms with Gasteiger partial charge in [-0.1, -0.05) is 0 Å². The lowest BCUT2D eigenvalue weighted by atomic mass is 10.2. The molecule has 10 nitrogen and oxygen atoms in total. The van der Waals surface area contributed by atoms with Gasteiger partial charge in [0.2, 0.25) is 0 Å². The Bertz CT molecular complexity index is 1000. The van der Waals surface area contributed by atoms with Crippen LogP contribution in [-0.4, -0.2) is 93.6 Å². The summed E-state index contributed by atoms with van der Waals surface area (Å²) in [7, 11) is 4.05. The Morgan fingerprint density at radius 3 is 2.11 bits per heavy atom. The maximum absolute atomic E-state index is 12.5. The predicted octanol–water partition coefficient (Wildman–Crippen LogP) is 2.95. The van der Waals surface area contributed by atoms with Gasteiger partial charge < -0.3 is 29.3 Å². The molecular weight excluding hydrogens is 538 g/mol. The number of likely N-dealkylation sites (N-methyl/N-ethyl adjacent to an activating group) is 1. The van der Waals surface area contributed by atoms with E-state index in [-0.39, 0.29) is 5.91 Å². The van der Waals surface area contributed by atoms with Crippen molar-refractivity contribution in [3.8, 4) is 0 Å². The van der Waals surface area contributed by atoms with Crippen molar-refractivity contribution in [1.82, 2.24) is 19.4 Å². The molecule has 0 radical (unpaired) electrons. The first-order chi connectivity index (χ1) is 17.0. The van der Waals surface area contributed by atoms with Gasteiger partial charge in [-0.05, 0) is 25.5 Å². The molecule has 208 valence electrons. The van der Waals surface area contributed by atoms with Gasteiger partial charge in [-0.2, -0.15) is 37.7 Å². The van der Waals surface area contributed by atoms with Crippen molar-refractivity contribution < 1.29 is 55.7 Å². The zero-order chi connectivity index (χ0) is 28.4. The van der Waals surface area contributed by atoms with Gasteiger partial charge in [0.05, 0.1) is 43.0 Å². The van der Waals surface area contributed by atoms with Gasteiger partial charge in [-0.3, -0.25) is 4.79 Å². The number of aliphatic carboxylic acids is 2. The molecule has 2 aromatic heterocycles. The summed E-state index contributed by atoms with van der Waals surface area (Å²) in [6, 6.07) is 1.88. The van der Waals surface area contributed by atoms with E-state index in [1.807, 2.05) is 42.1 Å². The number of imidazole rings is 1. The van der Waals surface area contributed by atoms with Crippen LogP contribution in [0.2, 0.25) is 0 Å². The Kier molecular flexibility index (Phi) is 12.0. The van der Waals surface area contributed by atoms with E-state index in [4.69, 9.17) is 24.5 Å². The van der Waals surface area contributed by atoms with Crippen molar-refractivity contribution in [2.45, 2.75) is 32.0 Å². The molecule has 0 unspecified atom stereocenters.